The van der Waals surface area contributed by atoms with Gasteiger partial charge in [-0.05, 0) is 91.3 Å². The summed E-state index contributed by atoms with van der Waals surface area (Å²) in [7, 11) is 2.14. The van der Waals surface area contributed by atoms with Gasteiger partial charge < -0.3 is 5.32 Å². The Kier molecular flexibility index (Phi) is 6.92. The molecule has 4 heteroatoms. The van der Waals surface area contributed by atoms with Crippen molar-refractivity contribution in [1.29, 1.82) is 0 Å². The number of para-hydroxylation sites is 2. The molecule has 0 atom stereocenters. The van der Waals surface area contributed by atoms with Crippen molar-refractivity contribution in [3.63, 3.8) is 0 Å². The molecule has 4 aromatic carbocycles. The monoisotopic (exact) mass is 537 g/mol. The van der Waals surface area contributed by atoms with Gasteiger partial charge in [0.2, 0.25) is 0 Å². The van der Waals surface area contributed by atoms with Gasteiger partial charge in [0.1, 0.15) is 18.1 Å². The highest BCUT2D eigenvalue weighted by atomic mass is 15.1. The molecule has 6 rings (SSSR count). The van der Waals surface area contributed by atoms with Crippen molar-refractivity contribution in [3.05, 3.63) is 137 Å². The third kappa shape index (κ3) is 4.91. The smallest absolute Gasteiger partial charge is 0.294 e. The van der Waals surface area contributed by atoms with Crippen LogP contribution in [-0.2, 0) is 19.0 Å². The van der Waals surface area contributed by atoms with Crippen LogP contribution in [0.2, 0.25) is 0 Å². The van der Waals surface area contributed by atoms with Crippen LogP contribution in [0.15, 0.2) is 115 Å². The quantitative estimate of drug-likeness (QED) is 0.162. The van der Waals surface area contributed by atoms with Gasteiger partial charge in [0.15, 0.2) is 0 Å². The van der Waals surface area contributed by atoms with Gasteiger partial charge in [-0.2, -0.15) is 4.57 Å². The third-order valence-electron chi connectivity index (χ3n) is 8.21. The molecule has 1 N–H and O–H groups in total. The zero-order chi connectivity index (χ0) is 28.6. The molecule has 1 aliphatic carbocycles. The number of nitrogens with one attached hydrogen (secondary N) is 1. The Morgan fingerprint density at radius 2 is 1.59 bits per heavy atom. The molecule has 204 valence electrons. The van der Waals surface area contributed by atoms with E-state index in [0.29, 0.717) is 0 Å². The molecular weight excluding hydrogens is 500 g/mol. The van der Waals surface area contributed by atoms with Crippen molar-refractivity contribution in [2.75, 3.05) is 5.32 Å². The van der Waals surface area contributed by atoms with Crippen molar-refractivity contribution < 1.29 is 4.57 Å². The second-order valence-corrected chi connectivity index (χ2v) is 11.4. The van der Waals surface area contributed by atoms with Crippen LogP contribution in [0.3, 0.4) is 0 Å². The van der Waals surface area contributed by atoms with E-state index < -0.39 is 5.54 Å². The third-order valence-corrected chi connectivity index (χ3v) is 8.21. The molecule has 1 heterocycles. The van der Waals surface area contributed by atoms with Crippen molar-refractivity contribution in [2.45, 2.75) is 39.7 Å². The van der Waals surface area contributed by atoms with Crippen LogP contribution in [0.5, 0.6) is 0 Å². The number of hydrogen-bond donors (Lipinski definition) is 1. The molecule has 41 heavy (non-hydrogen) atoms. The summed E-state index contributed by atoms with van der Waals surface area (Å²) in [5.74, 6) is 1.17. The van der Waals surface area contributed by atoms with Crippen LogP contribution in [-0.4, -0.2) is 10.8 Å². The van der Waals surface area contributed by atoms with Gasteiger partial charge in [0, 0.05) is 18.1 Å². The van der Waals surface area contributed by atoms with E-state index in [9.17, 15) is 0 Å². The van der Waals surface area contributed by atoms with Crippen LogP contribution in [0.1, 0.15) is 41.7 Å². The number of nitrogens with zero attached hydrogens (tertiary/aromatic N) is 3. The molecule has 0 amide bonds. The van der Waals surface area contributed by atoms with Crippen LogP contribution in [0, 0.1) is 13.8 Å². The first-order chi connectivity index (χ1) is 19.8. The number of allylic oxidation sites excluding steroid dienone is 1. The number of hydrogen-bond acceptors (Lipinski definition) is 2. The highest BCUT2D eigenvalue weighted by Gasteiger charge is 2.35. The van der Waals surface area contributed by atoms with E-state index in [0.717, 1.165) is 12.1 Å². The highest BCUT2D eigenvalue weighted by Crippen LogP contribution is 2.46. The minimum absolute atomic E-state index is 0.458. The zero-order valence-corrected chi connectivity index (χ0v) is 24.5. The molecule has 0 saturated heterocycles. The summed E-state index contributed by atoms with van der Waals surface area (Å²) in [6.45, 7) is 8.70. The van der Waals surface area contributed by atoms with E-state index >= 15 is 0 Å². The first-order valence-electron chi connectivity index (χ1n) is 14.3. The van der Waals surface area contributed by atoms with Crippen LogP contribution >= 0.6 is 0 Å². The predicted molar refractivity (Wildman–Crippen MR) is 171 cm³/mol. The summed E-state index contributed by atoms with van der Waals surface area (Å²) in [5, 5.41) is 3.38. The Labute approximate surface area is 243 Å². The SMILES string of the molecule is Cc1ccccc1N/C=C\C=NC(C)(C)c1ccc2c(c1-c1n(-c3ccccc3C)cc[n+]1C)Cc1ccccc1-2. The molecule has 0 saturated carbocycles. The van der Waals surface area contributed by atoms with Crippen molar-refractivity contribution in [3.8, 4) is 28.2 Å². The highest BCUT2D eigenvalue weighted by molar-refractivity contribution is 5.85. The Morgan fingerprint density at radius 1 is 0.854 bits per heavy atom. The van der Waals surface area contributed by atoms with Gasteiger partial charge in [-0.3, -0.25) is 4.99 Å². The van der Waals surface area contributed by atoms with E-state index in [2.05, 4.69) is 140 Å². The number of anilines is 1. The summed E-state index contributed by atoms with van der Waals surface area (Å²) in [5.41, 5.74) is 12.2. The van der Waals surface area contributed by atoms with E-state index in [-0.39, 0.29) is 0 Å². The number of fused-ring (bicyclic) bond motifs is 3. The second-order valence-electron chi connectivity index (χ2n) is 11.4. The number of rotatable bonds is 7. The number of aromatic nitrogens is 2. The predicted octanol–water partition coefficient (Wildman–Crippen LogP) is 8.09. The molecule has 0 radical (unpaired) electrons. The van der Waals surface area contributed by atoms with E-state index in [1.54, 1.807) is 0 Å². The molecule has 1 aromatic heterocycles. The minimum Gasteiger partial charge on any atom is -0.361 e. The fraction of sp³-hybridized carbons (Fsp3) is 0.189. The van der Waals surface area contributed by atoms with Gasteiger partial charge in [-0.15, -0.1) is 0 Å². The fourth-order valence-electron chi connectivity index (χ4n) is 5.99. The number of aryl methyl sites for hydroxylation is 3. The number of imidazole rings is 1. The first kappa shape index (κ1) is 26.5. The van der Waals surface area contributed by atoms with Gasteiger partial charge in [-0.1, -0.05) is 72.8 Å². The van der Waals surface area contributed by atoms with Crippen molar-refractivity contribution >= 4 is 11.9 Å². The zero-order valence-electron chi connectivity index (χ0n) is 24.5. The van der Waals surface area contributed by atoms with Gasteiger partial charge in [0.05, 0.1) is 18.2 Å². The molecule has 5 aromatic rings. The fourth-order valence-corrected chi connectivity index (χ4v) is 5.99. The van der Waals surface area contributed by atoms with Gasteiger partial charge in [0.25, 0.3) is 5.82 Å². The summed E-state index contributed by atoms with van der Waals surface area (Å²) in [4.78, 5) is 5.10. The molecule has 0 bridgehead atoms. The van der Waals surface area contributed by atoms with Gasteiger partial charge in [-0.25, -0.2) is 4.57 Å². The van der Waals surface area contributed by atoms with Crippen LogP contribution in [0.25, 0.3) is 28.2 Å². The number of benzene rings is 4. The topological polar surface area (TPSA) is 33.2 Å². The van der Waals surface area contributed by atoms with E-state index in [4.69, 9.17) is 4.99 Å². The lowest BCUT2D eigenvalue weighted by Gasteiger charge is -2.25. The summed E-state index contributed by atoms with van der Waals surface area (Å²) in [6.07, 6.45) is 11.1. The van der Waals surface area contributed by atoms with E-state index in [1.165, 1.54) is 56.0 Å². The molecule has 0 aliphatic heterocycles. The summed E-state index contributed by atoms with van der Waals surface area (Å²) < 4.78 is 4.59. The Bertz CT molecular complexity index is 1800. The normalized spacial score (nSPS) is 12.7. The molecule has 1 aliphatic rings. The maximum absolute atomic E-state index is 5.10. The maximum atomic E-state index is 5.10. The Balaban J connectivity index is 1.46. The summed E-state index contributed by atoms with van der Waals surface area (Å²) >= 11 is 0. The molecule has 4 nitrogen and oxygen atoms in total. The van der Waals surface area contributed by atoms with Crippen molar-refractivity contribution in [2.24, 2.45) is 12.0 Å². The Hall–Kier alpha value is -4.70. The first-order valence-corrected chi connectivity index (χ1v) is 14.3. The average molecular weight is 538 g/mol. The van der Waals surface area contributed by atoms with Crippen LogP contribution in [0.4, 0.5) is 5.69 Å². The standard InChI is InChI=1S/C37H37N4/c1-26-13-6-10-17-33(26)38-21-12-22-39-37(3,4)32-20-19-30-29-16-9-8-15-28(29)25-31(30)35(32)36-40(5)23-24-41(36)34-18-11-7-14-27(34)2/h6-24,38H,25H2,1-5H3/q+1/b21-12-,39-22?. The molecule has 0 unspecified atom stereocenters. The lowest BCUT2D eigenvalue weighted by molar-refractivity contribution is -0.659. The molecule has 0 fully saturated rings. The summed E-state index contributed by atoms with van der Waals surface area (Å²) in [6, 6.07) is 30.3. The lowest BCUT2D eigenvalue weighted by atomic mass is 9.85. The minimum atomic E-state index is -0.458. The lowest BCUT2D eigenvalue weighted by Crippen LogP contribution is -2.31. The molecule has 0 spiro atoms. The van der Waals surface area contributed by atoms with E-state index in [1.807, 2.05) is 24.6 Å². The Morgan fingerprint density at radius 3 is 2.39 bits per heavy atom. The average Bonchev–Trinajstić information content (AvgIpc) is 3.54. The largest absolute Gasteiger partial charge is 0.361 e. The maximum Gasteiger partial charge on any atom is 0.294 e. The van der Waals surface area contributed by atoms with Crippen molar-refractivity contribution in [1.82, 2.24) is 4.57 Å². The van der Waals surface area contributed by atoms with Crippen LogP contribution < -0.4 is 9.88 Å². The number of aliphatic imine (C=N–C) groups is 1. The van der Waals surface area contributed by atoms with Gasteiger partial charge >= 0.3 is 0 Å². The second kappa shape index (κ2) is 10.7. The molecular formula is C37H37N4+.